The fraction of sp³-hybridized carbons (Fsp3) is 0.400. The van der Waals surface area contributed by atoms with Crippen LogP contribution in [0.3, 0.4) is 0 Å². The van der Waals surface area contributed by atoms with Crippen molar-refractivity contribution >= 4 is 10.0 Å². The van der Waals surface area contributed by atoms with Crippen LogP contribution in [-0.4, -0.2) is 58.0 Å². The second kappa shape index (κ2) is 8.46. The molecule has 1 heterocycles. The van der Waals surface area contributed by atoms with E-state index in [-0.39, 0.29) is 16.8 Å². The summed E-state index contributed by atoms with van der Waals surface area (Å²) in [5.41, 5.74) is 1.01. The lowest BCUT2D eigenvalue weighted by molar-refractivity contribution is 0.146. The van der Waals surface area contributed by atoms with Gasteiger partial charge < -0.3 is 9.47 Å². The molecule has 1 fully saturated rings. The number of nitrogens with zero attached hydrogens (tertiary/aromatic N) is 2. The van der Waals surface area contributed by atoms with Gasteiger partial charge in [0.1, 0.15) is 5.82 Å². The van der Waals surface area contributed by atoms with Crippen molar-refractivity contribution in [2.75, 3.05) is 40.4 Å². The normalized spacial score (nSPS) is 17.3. The van der Waals surface area contributed by atoms with Gasteiger partial charge in [-0.2, -0.15) is 4.31 Å². The molecule has 28 heavy (non-hydrogen) atoms. The lowest BCUT2D eigenvalue weighted by Crippen LogP contribution is -2.49. The molecule has 1 atom stereocenters. The molecule has 0 aromatic heterocycles. The average molecular weight is 408 g/mol. The molecule has 1 saturated heterocycles. The van der Waals surface area contributed by atoms with Gasteiger partial charge in [0.25, 0.3) is 0 Å². The highest BCUT2D eigenvalue weighted by molar-refractivity contribution is 7.89. The second-order valence-corrected chi connectivity index (χ2v) is 8.62. The first kappa shape index (κ1) is 20.6. The van der Waals surface area contributed by atoms with Crippen LogP contribution in [0.2, 0.25) is 0 Å². The zero-order valence-electron chi connectivity index (χ0n) is 16.3. The zero-order valence-corrected chi connectivity index (χ0v) is 17.1. The number of hydrogen-bond donors (Lipinski definition) is 0. The topological polar surface area (TPSA) is 59.1 Å². The Hall–Kier alpha value is -2.16. The van der Waals surface area contributed by atoms with Gasteiger partial charge in [-0.25, -0.2) is 12.8 Å². The molecule has 1 aliphatic rings. The van der Waals surface area contributed by atoms with Gasteiger partial charge in [-0.1, -0.05) is 12.1 Å². The number of halogens is 1. The van der Waals surface area contributed by atoms with Crippen molar-refractivity contribution in [3.05, 3.63) is 53.8 Å². The van der Waals surface area contributed by atoms with Gasteiger partial charge in [-0.3, -0.25) is 4.90 Å². The number of ether oxygens (including phenoxy) is 2. The minimum absolute atomic E-state index is 0.0894. The number of piperazine rings is 1. The van der Waals surface area contributed by atoms with Gasteiger partial charge in [-0.15, -0.1) is 0 Å². The number of benzene rings is 2. The summed E-state index contributed by atoms with van der Waals surface area (Å²) in [5, 5.41) is 0. The lowest BCUT2D eigenvalue weighted by atomic mass is 10.1. The number of rotatable bonds is 6. The fourth-order valence-corrected chi connectivity index (χ4v) is 4.85. The van der Waals surface area contributed by atoms with Crippen molar-refractivity contribution in [3.8, 4) is 11.5 Å². The zero-order chi connectivity index (χ0) is 20.3. The van der Waals surface area contributed by atoms with Crippen LogP contribution in [0.25, 0.3) is 0 Å². The fourth-order valence-electron chi connectivity index (χ4n) is 3.41. The molecule has 6 nitrogen and oxygen atoms in total. The Bertz CT molecular complexity index is 910. The smallest absolute Gasteiger partial charge is 0.243 e. The molecule has 0 bridgehead atoms. The van der Waals surface area contributed by atoms with Crippen LogP contribution in [0.4, 0.5) is 4.39 Å². The standard InChI is InChI=1S/C20H25FN2O4S/c1-15(16-4-6-17(21)7-5-16)22-10-12-23(13-11-22)28(24,25)18-8-9-19(26-2)20(14-18)27-3/h4-9,14-15H,10-13H2,1-3H3/t15-/m0/s1. The highest BCUT2D eigenvalue weighted by atomic mass is 32.2. The van der Waals surface area contributed by atoms with E-state index >= 15 is 0 Å². The van der Waals surface area contributed by atoms with Crippen molar-refractivity contribution < 1.29 is 22.3 Å². The predicted octanol–water partition coefficient (Wildman–Crippen LogP) is 2.91. The van der Waals surface area contributed by atoms with Gasteiger partial charge in [0, 0.05) is 38.3 Å². The Kier molecular flexibility index (Phi) is 6.22. The molecule has 0 spiro atoms. The summed E-state index contributed by atoms with van der Waals surface area (Å²) < 4.78 is 51.0. The molecule has 152 valence electrons. The molecule has 0 N–H and O–H groups in total. The van der Waals surface area contributed by atoms with E-state index in [1.54, 1.807) is 18.2 Å². The quantitative estimate of drug-likeness (QED) is 0.736. The van der Waals surface area contributed by atoms with E-state index in [4.69, 9.17) is 9.47 Å². The van der Waals surface area contributed by atoms with Gasteiger partial charge >= 0.3 is 0 Å². The number of sulfonamides is 1. The molecule has 2 aromatic carbocycles. The van der Waals surface area contributed by atoms with Crippen LogP contribution >= 0.6 is 0 Å². The monoisotopic (exact) mass is 408 g/mol. The Morgan fingerprint density at radius 3 is 2.11 bits per heavy atom. The molecule has 2 aromatic rings. The minimum atomic E-state index is -3.62. The number of methoxy groups -OCH3 is 2. The lowest BCUT2D eigenvalue weighted by Gasteiger charge is -2.37. The Balaban J connectivity index is 1.70. The number of hydrogen-bond acceptors (Lipinski definition) is 5. The van der Waals surface area contributed by atoms with E-state index in [0.717, 1.165) is 5.56 Å². The van der Waals surface area contributed by atoms with Gasteiger partial charge in [0.15, 0.2) is 11.5 Å². The second-order valence-electron chi connectivity index (χ2n) is 6.68. The molecule has 0 amide bonds. The van der Waals surface area contributed by atoms with E-state index in [0.29, 0.717) is 37.7 Å². The van der Waals surface area contributed by atoms with Crippen molar-refractivity contribution in [1.82, 2.24) is 9.21 Å². The summed E-state index contributed by atoms with van der Waals surface area (Å²) in [7, 11) is -0.634. The molecular formula is C20H25FN2O4S. The van der Waals surface area contributed by atoms with E-state index in [1.165, 1.54) is 42.8 Å². The van der Waals surface area contributed by atoms with E-state index < -0.39 is 10.0 Å². The minimum Gasteiger partial charge on any atom is -0.493 e. The Morgan fingerprint density at radius 1 is 0.929 bits per heavy atom. The average Bonchev–Trinajstić information content (AvgIpc) is 2.73. The molecule has 0 unspecified atom stereocenters. The molecule has 8 heteroatoms. The van der Waals surface area contributed by atoms with Crippen LogP contribution in [0.1, 0.15) is 18.5 Å². The molecule has 0 radical (unpaired) electrons. The maximum atomic E-state index is 13.1. The van der Waals surface area contributed by atoms with E-state index in [1.807, 2.05) is 6.92 Å². The third-order valence-electron chi connectivity index (χ3n) is 5.17. The van der Waals surface area contributed by atoms with Crippen LogP contribution in [0, 0.1) is 5.82 Å². The molecule has 1 aliphatic heterocycles. The SMILES string of the molecule is COc1ccc(S(=O)(=O)N2CCN([C@@H](C)c3ccc(F)cc3)CC2)cc1OC. The summed E-state index contributed by atoms with van der Waals surface area (Å²) in [5.74, 6) is 0.605. The Morgan fingerprint density at radius 2 is 1.54 bits per heavy atom. The van der Waals surface area contributed by atoms with Gasteiger partial charge in [0.2, 0.25) is 10.0 Å². The molecule has 0 saturated carbocycles. The maximum Gasteiger partial charge on any atom is 0.243 e. The Labute approximate surface area is 165 Å². The molecule has 0 aliphatic carbocycles. The maximum absolute atomic E-state index is 13.1. The third kappa shape index (κ3) is 4.14. The van der Waals surface area contributed by atoms with Crippen molar-refractivity contribution in [1.29, 1.82) is 0 Å². The summed E-state index contributed by atoms with van der Waals surface area (Å²) in [6, 6.07) is 11.1. The summed E-state index contributed by atoms with van der Waals surface area (Å²) in [6.07, 6.45) is 0. The summed E-state index contributed by atoms with van der Waals surface area (Å²) in [4.78, 5) is 2.39. The highest BCUT2D eigenvalue weighted by Crippen LogP contribution is 2.31. The van der Waals surface area contributed by atoms with E-state index in [9.17, 15) is 12.8 Å². The van der Waals surface area contributed by atoms with Gasteiger partial charge in [-0.05, 0) is 36.8 Å². The van der Waals surface area contributed by atoms with Gasteiger partial charge in [0.05, 0.1) is 19.1 Å². The van der Waals surface area contributed by atoms with Crippen LogP contribution in [-0.2, 0) is 10.0 Å². The summed E-state index contributed by atoms with van der Waals surface area (Å²) >= 11 is 0. The van der Waals surface area contributed by atoms with Crippen molar-refractivity contribution in [3.63, 3.8) is 0 Å². The van der Waals surface area contributed by atoms with Crippen molar-refractivity contribution in [2.24, 2.45) is 0 Å². The first-order valence-electron chi connectivity index (χ1n) is 9.08. The first-order valence-corrected chi connectivity index (χ1v) is 10.5. The largest absolute Gasteiger partial charge is 0.493 e. The van der Waals surface area contributed by atoms with E-state index in [2.05, 4.69) is 4.90 Å². The summed E-state index contributed by atoms with van der Waals surface area (Å²) in [6.45, 7) is 4.03. The molecule has 3 rings (SSSR count). The highest BCUT2D eigenvalue weighted by Gasteiger charge is 2.31. The third-order valence-corrected chi connectivity index (χ3v) is 7.06. The molecular weight excluding hydrogens is 383 g/mol. The van der Waals surface area contributed by atoms with Crippen LogP contribution < -0.4 is 9.47 Å². The van der Waals surface area contributed by atoms with Crippen LogP contribution in [0.15, 0.2) is 47.4 Å². The van der Waals surface area contributed by atoms with Crippen LogP contribution in [0.5, 0.6) is 11.5 Å². The van der Waals surface area contributed by atoms with Crippen molar-refractivity contribution in [2.45, 2.75) is 17.9 Å². The first-order chi connectivity index (χ1) is 13.4. The predicted molar refractivity (Wildman–Crippen MR) is 105 cm³/mol.